The first-order chi connectivity index (χ1) is 8.20. The fourth-order valence-electron chi connectivity index (χ4n) is 1.90. The van der Waals surface area contributed by atoms with Gasteiger partial charge in [0, 0.05) is 19.2 Å². The normalized spacial score (nSPS) is 12.8. The van der Waals surface area contributed by atoms with Crippen LogP contribution in [0.25, 0.3) is 0 Å². The summed E-state index contributed by atoms with van der Waals surface area (Å²) in [7, 11) is 1.88. The summed E-state index contributed by atoms with van der Waals surface area (Å²) in [5.74, 6) is 0.755. The van der Waals surface area contributed by atoms with Crippen LogP contribution >= 0.6 is 0 Å². The highest BCUT2D eigenvalue weighted by atomic mass is 16.5. The smallest absolute Gasteiger partial charge is 0.325 e. The molecule has 1 aromatic rings. The number of carbonyl (C=O) groups is 1. The van der Waals surface area contributed by atoms with Crippen molar-refractivity contribution in [1.82, 2.24) is 0 Å². The molecule has 0 fully saturated rings. The Kier molecular flexibility index (Phi) is 3.52. The summed E-state index contributed by atoms with van der Waals surface area (Å²) in [6.45, 7) is 3.25. The van der Waals surface area contributed by atoms with Crippen molar-refractivity contribution in [2.45, 2.75) is 13.3 Å². The van der Waals surface area contributed by atoms with E-state index in [2.05, 4.69) is 6.07 Å². The predicted octanol–water partition coefficient (Wildman–Crippen LogP) is 1.62. The van der Waals surface area contributed by atoms with Crippen LogP contribution in [0.1, 0.15) is 12.5 Å². The molecule has 0 atom stereocenters. The number of fused-ring (bicyclic) bond motifs is 1. The van der Waals surface area contributed by atoms with Crippen molar-refractivity contribution in [3.8, 4) is 5.75 Å². The minimum absolute atomic E-state index is 0.202. The van der Waals surface area contributed by atoms with Crippen LogP contribution in [-0.4, -0.2) is 32.8 Å². The van der Waals surface area contributed by atoms with Gasteiger partial charge < -0.3 is 14.4 Å². The maximum Gasteiger partial charge on any atom is 0.325 e. The molecule has 4 nitrogen and oxygen atoms in total. The maximum absolute atomic E-state index is 11.4. The zero-order chi connectivity index (χ0) is 12.3. The topological polar surface area (TPSA) is 38.8 Å². The van der Waals surface area contributed by atoms with Gasteiger partial charge >= 0.3 is 5.97 Å². The van der Waals surface area contributed by atoms with Crippen LogP contribution in [0.15, 0.2) is 18.2 Å². The van der Waals surface area contributed by atoms with Gasteiger partial charge in [-0.2, -0.15) is 0 Å². The molecule has 0 radical (unpaired) electrons. The Balaban J connectivity index is 2.04. The molecule has 0 saturated carbocycles. The molecule has 4 heteroatoms. The van der Waals surface area contributed by atoms with Crippen molar-refractivity contribution in [3.63, 3.8) is 0 Å². The molecule has 1 aromatic carbocycles. The second kappa shape index (κ2) is 5.08. The summed E-state index contributed by atoms with van der Waals surface area (Å²) in [6, 6.07) is 5.99. The standard InChI is InChI=1S/C13H17NO3/c1-3-16-13(15)9-14(2)11-4-5-12-10(8-11)6-7-17-12/h4-5,8H,3,6-7,9H2,1-2H3. The maximum atomic E-state index is 11.4. The molecule has 0 N–H and O–H groups in total. The number of nitrogens with zero attached hydrogens (tertiary/aromatic N) is 1. The highest BCUT2D eigenvalue weighted by Gasteiger charge is 2.14. The van der Waals surface area contributed by atoms with Gasteiger partial charge in [-0.1, -0.05) is 0 Å². The van der Waals surface area contributed by atoms with Crippen molar-refractivity contribution in [3.05, 3.63) is 23.8 Å². The van der Waals surface area contributed by atoms with Crippen LogP contribution in [0.5, 0.6) is 5.75 Å². The number of ether oxygens (including phenoxy) is 2. The lowest BCUT2D eigenvalue weighted by atomic mass is 10.1. The molecule has 0 bridgehead atoms. The first-order valence-electron chi connectivity index (χ1n) is 5.83. The number of esters is 1. The van der Waals surface area contributed by atoms with E-state index < -0.39 is 0 Å². The summed E-state index contributed by atoms with van der Waals surface area (Å²) >= 11 is 0. The Morgan fingerprint density at radius 2 is 2.35 bits per heavy atom. The molecule has 0 spiro atoms. The number of hydrogen-bond donors (Lipinski definition) is 0. The molecule has 0 unspecified atom stereocenters. The zero-order valence-electron chi connectivity index (χ0n) is 10.2. The third-order valence-corrected chi connectivity index (χ3v) is 2.79. The van der Waals surface area contributed by atoms with Crippen LogP contribution in [0.2, 0.25) is 0 Å². The SMILES string of the molecule is CCOC(=O)CN(C)c1ccc2c(c1)CCO2. The Hall–Kier alpha value is -1.71. The average Bonchev–Trinajstić information content (AvgIpc) is 2.75. The van der Waals surface area contributed by atoms with Crippen LogP contribution in [0.4, 0.5) is 5.69 Å². The minimum atomic E-state index is -0.202. The van der Waals surface area contributed by atoms with E-state index in [9.17, 15) is 4.79 Å². The molecule has 1 heterocycles. The Bertz CT molecular complexity index is 417. The minimum Gasteiger partial charge on any atom is -0.493 e. The molecule has 92 valence electrons. The van der Waals surface area contributed by atoms with Gasteiger partial charge in [0.2, 0.25) is 0 Å². The number of carbonyl (C=O) groups excluding carboxylic acids is 1. The number of anilines is 1. The summed E-state index contributed by atoms with van der Waals surface area (Å²) in [4.78, 5) is 13.3. The van der Waals surface area contributed by atoms with E-state index in [-0.39, 0.29) is 12.5 Å². The highest BCUT2D eigenvalue weighted by molar-refractivity contribution is 5.75. The van der Waals surface area contributed by atoms with Crippen LogP contribution in [-0.2, 0) is 16.0 Å². The highest BCUT2D eigenvalue weighted by Crippen LogP contribution is 2.29. The van der Waals surface area contributed by atoms with Gasteiger partial charge in [-0.3, -0.25) is 4.79 Å². The van der Waals surface area contributed by atoms with Gasteiger partial charge in [-0.05, 0) is 30.7 Å². The van der Waals surface area contributed by atoms with E-state index in [1.54, 1.807) is 0 Å². The molecule has 1 aliphatic rings. The van der Waals surface area contributed by atoms with Crippen LogP contribution < -0.4 is 9.64 Å². The van der Waals surface area contributed by atoms with Gasteiger partial charge in [0.1, 0.15) is 12.3 Å². The van der Waals surface area contributed by atoms with E-state index in [1.165, 1.54) is 5.56 Å². The van der Waals surface area contributed by atoms with Crippen molar-refractivity contribution >= 4 is 11.7 Å². The summed E-state index contributed by atoms with van der Waals surface area (Å²) in [6.07, 6.45) is 0.941. The van der Waals surface area contributed by atoms with Crippen molar-refractivity contribution in [2.75, 3.05) is 31.7 Å². The van der Waals surface area contributed by atoms with Gasteiger partial charge in [0.15, 0.2) is 0 Å². The van der Waals surface area contributed by atoms with E-state index in [4.69, 9.17) is 9.47 Å². The van der Waals surface area contributed by atoms with E-state index >= 15 is 0 Å². The van der Waals surface area contributed by atoms with E-state index in [0.29, 0.717) is 6.61 Å². The molecular formula is C13H17NO3. The number of hydrogen-bond acceptors (Lipinski definition) is 4. The summed E-state index contributed by atoms with van der Waals surface area (Å²) < 4.78 is 10.4. The first-order valence-corrected chi connectivity index (χ1v) is 5.83. The van der Waals surface area contributed by atoms with Crippen LogP contribution in [0.3, 0.4) is 0 Å². The van der Waals surface area contributed by atoms with Gasteiger partial charge in [-0.15, -0.1) is 0 Å². The molecule has 17 heavy (non-hydrogen) atoms. The second-order valence-electron chi connectivity index (χ2n) is 4.05. The monoisotopic (exact) mass is 235 g/mol. The van der Waals surface area contributed by atoms with E-state index in [1.807, 2.05) is 31.0 Å². The molecule has 0 amide bonds. The molecule has 0 saturated heterocycles. The summed E-state index contributed by atoms with van der Waals surface area (Å²) in [5.41, 5.74) is 2.22. The second-order valence-corrected chi connectivity index (χ2v) is 4.05. The number of rotatable bonds is 4. The van der Waals surface area contributed by atoms with Gasteiger partial charge in [-0.25, -0.2) is 0 Å². The Labute approximate surface area is 101 Å². The number of benzene rings is 1. The quantitative estimate of drug-likeness (QED) is 0.743. The lowest BCUT2D eigenvalue weighted by Crippen LogP contribution is -2.27. The lowest BCUT2D eigenvalue weighted by molar-refractivity contribution is -0.141. The first kappa shape index (κ1) is 11.8. The average molecular weight is 235 g/mol. The largest absolute Gasteiger partial charge is 0.493 e. The molecule has 0 aliphatic carbocycles. The molecule has 0 aromatic heterocycles. The third kappa shape index (κ3) is 2.70. The van der Waals surface area contributed by atoms with E-state index in [0.717, 1.165) is 24.5 Å². The van der Waals surface area contributed by atoms with Gasteiger partial charge in [0.05, 0.1) is 13.2 Å². The zero-order valence-corrected chi connectivity index (χ0v) is 10.2. The van der Waals surface area contributed by atoms with Crippen LogP contribution in [0, 0.1) is 0 Å². The summed E-state index contributed by atoms with van der Waals surface area (Å²) in [5, 5.41) is 0. The molecular weight excluding hydrogens is 218 g/mol. The van der Waals surface area contributed by atoms with Crippen molar-refractivity contribution < 1.29 is 14.3 Å². The fraction of sp³-hybridized carbons (Fsp3) is 0.462. The lowest BCUT2D eigenvalue weighted by Gasteiger charge is -2.18. The predicted molar refractivity (Wildman–Crippen MR) is 65.5 cm³/mol. The Morgan fingerprint density at radius 3 is 3.12 bits per heavy atom. The van der Waals surface area contributed by atoms with Gasteiger partial charge in [0.25, 0.3) is 0 Å². The number of likely N-dealkylation sites (N-methyl/N-ethyl adjacent to an activating group) is 1. The third-order valence-electron chi connectivity index (χ3n) is 2.79. The molecule has 1 aliphatic heterocycles. The van der Waals surface area contributed by atoms with Crippen molar-refractivity contribution in [1.29, 1.82) is 0 Å². The van der Waals surface area contributed by atoms with Crippen molar-refractivity contribution in [2.24, 2.45) is 0 Å². The molecule has 2 rings (SSSR count). The Morgan fingerprint density at radius 1 is 1.53 bits per heavy atom. The fourth-order valence-corrected chi connectivity index (χ4v) is 1.90.